The van der Waals surface area contributed by atoms with Crippen LogP contribution in [0.15, 0.2) is 110 Å². The van der Waals surface area contributed by atoms with E-state index in [0.29, 0.717) is 34.9 Å². The summed E-state index contributed by atoms with van der Waals surface area (Å²) in [5, 5.41) is 20.1. The van der Waals surface area contributed by atoms with E-state index < -0.39 is 11.9 Å². The molecule has 1 atom stereocenters. The number of nitrogens with one attached hydrogen (secondary N) is 3. The van der Waals surface area contributed by atoms with Crippen molar-refractivity contribution in [1.82, 2.24) is 35.8 Å². The van der Waals surface area contributed by atoms with Gasteiger partial charge in [0.2, 0.25) is 5.91 Å². The summed E-state index contributed by atoms with van der Waals surface area (Å²) in [6, 6.07) is 25.9. The van der Waals surface area contributed by atoms with Gasteiger partial charge in [-0.25, -0.2) is 4.79 Å². The third-order valence-electron chi connectivity index (χ3n) is 6.73. The number of aromatic nitrogens is 5. The van der Waals surface area contributed by atoms with Crippen molar-refractivity contribution in [3.8, 4) is 5.69 Å². The Bertz CT molecular complexity index is 1760. The van der Waals surface area contributed by atoms with Gasteiger partial charge in [0, 0.05) is 35.0 Å². The van der Waals surface area contributed by atoms with E-state index in [0.717, 1.165) is 16.8 Å². The first-order valence-electron chi connectivity index (χ1n) is 14.0. The summed E-state index contributed by atoms with van der Waals surface area (Å²) in [7, 11) is 0. The van der Waals surface area contributed by atoms with E-state index in [9.17, 15) is 14.4 Å². The second-order valence-corrected chi connectivity index (χ2v) is 10.4. The van der Waals surface area contributed by atoms with Crippen LogP contribution in [0.3, 0.4) is 0 Å². The summed E-state index contributed by atoms with van der Waals surface area (Å²) in [6.07, 6.45) is 6.46. The van der Waals surface area contributed by atoms with Crippen molar-refractivity contribution >= 4 is 41.1 Å². The minimum atomic E-state index is -0.780. The Balaban J connectivity index is 1.23. The first-order chi connectivity index (χ1) is 21.9. The zero-order valence-electron chi connectivity index (χ0n) is 24.0. The monoisotopic (exact) mass is 620 g/mol. The van der Waals surface area contributed by atoms with Gasteiger partial charge in [0.05, 0.1) is 24.0 Å². The van der Waals surface area contributed by atoms with Gasteiger partial charge in [-0.2, -0.15) is 4.68 Å². The molecule has 11 nitrogen and oxygen atoms in total. The van der Waals surface area contributed by atoms with Crippen molar-refractivity contribution in [3.05, 3.63) is 137 Å². The zero-order chi connectivity index (χ0) is 31.4. The van der Waals surface area contributed by atoms with Crippen molar-refractivity contribution in [2.24, 2.45) is 0 Å². The number of Topliss-reactive ketones (excluding diaryl/α,β-unsaturated/α-hetero) is 1. The molecule has 2 aromatic heterocycles. The molecule has 0 bridgehead atoms. The molecular formula is C33H29ClN8O3. The van der Waals surface area contributed by atoms with Crippen molar-refractivity contribution in [2.45, 2.75) is 25.4 Å². The Morgan fingerprint density at radius 1 is 0.911 bits per heavy atom. The molecule has 0 aliphatic heterocycles. The molecule has 3 aromatic carbocycles. The molecule has 0 saturated heterocycles. The molecule has 5 rings (SSSR count). The molecule has 3 N–H and O–H groups in total. The molecule has 45 heavy (non-hydrogen) atoms. The van der Waals surface area contributed by atoms with Crippen LogP contribution in [0.1, 0.15) is 22.4 Å². The van der Waals surface area contributed by atoms with Crippen molar-refractivity contribution in [2.75, 3.05) is 5.32 Å². The number of pyridine rings is 1. The van der Waals surface area contributed by atoms with Crippen LogP contribution in [0.4, 0.5) is 10.5 Å². The number of urea groups is 1. The number of carbonyl (C=O) groups is 3. The number of nitrogens with zero attached hydrogens (tertiary/aromatic N) is 5. The van der Waals surface area contributed by atoms with Gasteiger partial charge >= 0.3 is 6.03 Å². The molecule has 2 heterocycles. The van der Waals surface area contributed by atoms with E-state index in [4.69, 9.17) is 11.6 Å². The lowest BCUT2D eigenvalue weighted by Crippen LogP contribution is -2.42. The highest BCUT2D eigenvalue weighted by Gasteiger charge is 2.21. The van der Waals surface area contributed by atoms with Crippen LogP contribution < -0.4 is 16.0 Å². The van der Waals surface area contributed by atoms with Crippen molar-refractivity contribution in [3.63, 3.8) is 0 Å². The number of ketones is 1. The van der Waals surface area contributed by atoms with Crippen LogP contribution in [0.2, 0.25) is 5.02 Å². The quantitative estimate of drug-likeness (QED) is 0.173. The number of anilines is 1. The molecular weight excluding hydrogens is 592 g/mol. The fourth-order valence-corrected chi connectivity index (χ4v) is 4.68. The van der Waals surface area contributed by atoms with Crippen LogP contribution >= 0.6 is 11.6 Å². The second kappa shape index (κ2) is 15.2. The first-order valence-corrected chi connectivity index (χ1v) is 14.4. The number of hydrogen-bond donors (Lipinski definition) is 3. The Morgan fingerprint density at radius 3 is 2.44 bits per heavy atom. The predicted molar refractivity (Wildman–Crippen MR) is 171 cm³/mol. The molecule has 0 fully saturated rings. The molecule has 0 radical (unpaired) electrons. The van der Waals surface area contributed by atoms with E-state index >= 15 is 0 Å². The summed E-state index contributed by atoms with van der Waals surface area (Å²) in [5.41, 5.74) is 4.22. The van der Waals surface area contributed by atoms with E-state index in [1.165, 1.54) is 17.1 Å². The lowest BCUT2D eigenvalue weighted by atomic mass is 9.97. The number of carbonyl (C=O) groups excluding carboxylic acids is 3. The average Bonchev–Trinajstić information content (AvgIpc) is 3.59. The molecule has 0 aliphatic rings. The Kier molecular flexibility index (Phi) is 10.4. The fraction of sp³-hybridized carbons (Fsp3) is 0.121. The molecule has 0 unspecified atom stereocenters. The fourth-order valence-electron chi connectivity index (χ4n) is 4.50. The minimum absolute atomic E-state index is 0.0887. The van der Waals surface area contributed by atoms with E-state index in [1.807, 2.05) is 48.5 Å². The maximum absolute atomic E-state index is 13.5. The van der Waals surface area contributed by atoms with Crippen LogP contribution in [0.5, 0.6) is 0 Å². The molecule has 3 amide bonds. The number of amides is 3. The highest BCUT2D eigenvalue weighted by molar-refractivity contribution is 6.30. The topological polar surface area (TPSA) is 144 Å². The predicted octanol–water partition coefficient (Wildman–Crippen LogP) is 4.58. The van der Waals surface area contributed by atoms with Gasteiger partial charge in [-0.1, -0.05) is 60.1 Å². The van der Waals surface area contributed by atoms with E-state index in [1.54, 1.807) is 54.7 Å². The number of hydrogen-bond acceptors (Lipinski definition) is 7. The highest BCUT2D eigenvalue weighted by atomic mass is 35.5. The van der Waals surface area contributed by atoms with Crippen molar-refractivity contribution < 1.29 is 14.4 Å². The largest absolute Gasteiger partial charge is 0.342 e. The minimum Gasteiger partial charge on any atom is -0.342 e. The number of tetrazole rings is 1. The average molecular weight is 621 g/mol. The third-order valence-corrected chi connectivity index (χ3v) is 6.97. The van der Waals surface area contributed by atoms with Gasteiger partial charge < -0.3 is 16.0 Å². The van der Waals surface area contributed by atoms with Crippen LogP contribution in [0.25, 0.3) is 11.8 Å². The Morgan fingerprint density at radius 2 is 1.71 bits per heavy atom. The summed E-state index contributed by atoms with van der Waals surface area (Å²) in [6.45, 7) is 0.294. The van der Waals surface area contributed by atoms with E-state index in [-0.39, 0.29) is 18.2 Å². The summed E-state index contributed by atoms with van der Waals surface area (Å²) >= 11 is 6.19. The second-order valence-electron chi connectivity index (χ2n) is 10.0. The van der Waals surface area contributed by atoms with Crippen LogP contribution in [0, 0.1) is 0 Å². The maximum Gasteiger partial charge on any atom is 0.319 e. The Hall–Kier alpha value is -5.68. The van der Waals surface area contributed by atoms with Crippen LogP contribution in [-0.2, 0) is 29.0 Å². The van der Waals surface area contributed by atoms with Gasteiger partial charge in [0.15, 0.2) is 5.78 Å². The zero-order valence-corrected chi connectivity index (χ0v) is 24.8. The molecule has 0 aliphatic carbocycles. The van der Waals surface area contributed by atoms with E-state index in [2.05, 4.69) is 36.5 Å². The molecule has 12 heteroatoms. The first kappa shape index (κ1) is 30.8. The van der Waals surface area contributed by atoms with Gasteiger partial charge in [-0.05, 0) is 76.5 Å². The molecule has 5 aromatic rings. The normalized spacial score (nSPS) is 11.6. The SMILES string of the molecule is O=C(/C=C/c1cc(Cl)ccc1-n1cnnn1)N[C@@H](Cc1ccccc1)C(=O)Cc1ccc(NC(=O)NCc2ccccn2)cc1. The number of benzene rings is 3. The summed E-state index contributed by atoms with van der Waals surface area (Å²) < 4.78 is 1.46. The standard InChI is InChI=1S/C33H29ClN8O3/c34-26-12-15-30(42-22-37-40-41-42)25(20-26)11-16-32(44)39-29(18-23-6-2-1-3-7-23)31(43)19-24-9-13-27(14-10-24)38-33(45)36-21-28-8-4-5-17-35-28/h1-17,20,22,29H,18-19,21H2,(H,39,44)(H2,36,38,45)/b16-11+/t29-/m0/s1. The van der Waals surface area contributed by atoms with Gasteiger partial charge in [0.25, 0.3) is 0 Å². The lowest BCUT2D eigenvalue weighted by molar-refractivity contribution is -0.125. The Labute approximate surface area is 264 Å². The van der Waals surface area contributed by atoms with Gasteiger partial charge in [-0.3, -0.25) is 14.6 Å². The molecule has 0 spiro atoms. The summed E-state index contributed by atoms with van der Waals surface area (Å²) in [4.78, 5) is 43.0. The number of rotatable bonds is 12. The van der Waals surface area contributed by atoms with Crippen LogP contribution in [-0.4, -0.2) is 49.0 Å². The summed E-state index contributed by atoms with van der Waals surface area (Å²) in [5.74, 6) is -0.602. The van der Waals surface area contributed by atoms with Gasteiger partial charge in [0.1, 0.15) is 6.33 Å². The molecule has 0 saturated carbocycles. The maximum atomic E-state index is 13.5. The lowest BCUT2D eigenvalue weighted by Gasteiger charge is -2.17. The smallest absolute Gasteiger partial charge is 0.319 e. The van der Waals surface area contributed by atoms with Crippen molar-refractivity contribution in [1.29, 1.82) is 0 Å². The van der Waals surface area contributed by atoms with Gasteiger partial charge in [-0.15, -0.1) is 5.10 Å². The number of halogens is 1. The molecule has 226 valence electrons. The highest BCUT2D eigenvalue weighted by Crippen LogP contribution is 2.20. The third kappa shape index (κ3) is 9.15.